The maximum atomic E-state index is 12.3. The Balaban J connectivity index is 1.38. The summed E-state index contributed by atoms with van der Waals surface area (Å²) in [4.78, 5) is 36.4. The quantitative estimate of drug-likeness (QED) is 0.258. The Labute approximate surface area is 246 Å². The Bertz CT molecular complexity index is 1530. The number of aromatic nitrogens is 5. The number of hydrogen-bond donors (Lipinski definition) is 2. The highest BCUT2D eigenvalue weighted by molar-refractivity contribution is 6.42. The monoisotopic (exact) mass is 596 g/mol. The normalized spacial score (nSPS) is 13.5. The van der Waals surface area contributed by atoms with Gasteiger partial charge in [0.25, 0.3) is 0 Å². The van der Waals surface area contributed by atoms with Gasteiger partial charge in [-0.25, -0.2) is 29.7 Å². The third-order valence-corrected chi connectivity index (χ3v) is 7.05. The fraction of sp³-hybridized carbons (Fsp3) is 0.259. The van der Waals surface area contributed by atoms with Crippen molar-refractivity contribution in [2.24, 2.45) is 0 Å². The van der Waals surface area contributed by atoms with E-state index in [4.69, 9.17) is 37.4 Å². The van der Waals surface area contributed by atoms with Crippen LogP contribution in [0.4, 0.5) is 23.1 Å². The summed E-state index contributed by atoms with van der Waals surface area (Å²) in [6, 6.07) is 7.09. The molecule has 14 heteroatoms. The van der Waals surface area contributed by atoms with Gasteiger partial charge in [-0.05, 0) is 17.7 Å². The molecule has 0 atom stereocenters. The van der Waals surface area contributed by atoms with Crippen molar-refractivity contribution in [2.75, 3.05) is 51.2 Å². The molecule has 2 N–H and O–H groups in total. The van der Waals surface area contributed by atoms with Gasteiger partial charge in [0.1, 0.15) is 40.9 Å². The van der Waals surface area contributed by atoms with Gasteiger partial charge in [0.05, 0.1) is 55.0 Å². The molecule has 4 aromatic rings. The van der Waals surface area contributed by atoms with Crippen molar-refractivity contribution in [3.8, 4) is 17.0 Å². The van der Waals surface area contributed by atoms with E-state index in [9.17, 15) is 4.79 Å². The maximum Gasteiger partial charge on any atom is 0.339 e. The smallest absolute Gasteiger partial charge is 0.339 e. The average Bonchev–Trinajstić information content (AvgIpc) is 3.01. The number of rotatable bonds is 9. The van der Waals surface area contributed by atoms with Crippen LogP contribution >= 0.6 is 23.2 Å². The minimum absolute atomic E-state index is 0.0420. The molecule has 41 heavy (non-hydrogen) atoms. The molecule has 1 aromatic carbocycles. The van der Waals surface area contributed by atoms with Gasteiger partial charge in [-0.15, -0.1) is 0 Å². The summed E-state index contributed by atoms with van der Waals surface area (Å²) in [5.41, 5.74) is 2.44. The summed E-state index contributed by atoms with van der Waals surface area (Å²) in [7, 11) is 2.68. The summed E-state index contributed by atoms with van der Waals surface area (Å²) < 4.78 is 15.6. The van der Waals surface area contributed by atoms with Crippen LogP contribution in [0.5, 0.6) is 5.75 Å². The molecule has 0 aliphatic carbocycles. The van der Waals surface area contributed by atoms with Crippen LogP contribution in [0.15, 0.2) is 49.3 Å². The number of morpholine rings is 1. The zero-order valence-electron chi connectivity index (χ0n) is 22.2. The lowest BCUT2D eigenvalue weighted by molar-refractivity contribution is 0.0341. The van der Waals surface area contributed by atoms with E-state index in [0.717, 1.165) is 38.4 Å². The van der Waals surface area contributed by atoms with Crippen LogP contribution < -0.4 is 15.4 Å². The second-order valence-electron chi connectivity index (χ2n) is 8.88. The van der Waals surface area contributed by atoms with Gasteiger partial charge >= 0.3 is 5.97 Å². The first-order chi connectivity index (χ1) is 20.0. The molecule has 3 aromatic heterocycles. The predicted molar refractivity (Wildman–Crippen MR) is 154 cm³/mol. The van der Waals surface area contributed by atoms with Crippen molar-refractivity contribution in [3.63, 3.8) is 0 Å². The predicted octanol–water partition coefficient (Wildman–Crippen LogP) is 4.75. The number of ether oxygens (including phenoxy) is 3. The number of methoxy groups -OCH3 is 2. The topological polar surface area (TPSA) is 137 Å². The van der Waals surface area contributed by atoms with Crippen molar-refractivity contribution < 1.29 is 19.0 Å². The van der Waals surface area contributed by atoms with E-state index in [0.29, 0.717) is 28.7 Å². The van der Waals surface area contributed by atoms with E-state index in [1.165, 1.54) is 32.9 Å². The number of nitrogens with one attached hydrogen (secondary N) is 2. The van der Waals surface area contributed by atoms with Crippen LogP contribution in [-0.4, -0.2) is 76.3 Å². The molecule has 12 nitrogen and oxygen atoms in total. The summed E-state index contributed by atoms with van der Waals surface area (Å²) in [5.74, 6) is 1.07. The summed E-state index contributed by atoms with van der Waals surface area (Å²) in [6.45, 7) is 4.14. The van der Waals surface area contributed by atoms with Crippen molar-refractivity contribution in [3.05, 3.63) is 70.5 Å². The molecule has 0 amide bonds. The van der Waals surface area contributed by atoms with E-state index in [-0.39, 0.29) is 27.0 Å². The van der Waals surface area contributed by atoms with Gasteiger partial charge in [0.2, 0.25) is 0 Å². The van der Waals surface area contributed by atoms with Gasteiger partial charge < -0.3 is 24.8 Å². The van der Waals surface area contributed by atoms with Crippen molar-refractivity contribution in [2.45, 2.75) is 6.54 Å². The lowest BCUT2D eigenvalue weighted by atomic mass is 10.1. The Kier molecular flexibility index (Phi) is 9.04. The van der Waals surface area contributed by atoms with Crippen molar-refractivity contribution in [1.29, 1.82) is 0 Å². The minimum atomic E-state index is -0.648. The minimum Gasteiger partial charge on any atom is -0.495 e. The van der Waals surface area contributed by atoms with Gasteiger partial charge in [0, 0.05) is 38.1 Å². The fourth-order valence-electron chi connectivity index (χ4n) is 4.18. The number of carbonyl (C=O) groups excluding carboxylic acids is 1. The number of anilines is 4. The third kappa shape index (κ3) is 6.63. The standard InChI is InChI=1S/C27H26Cl2N8O4/c1-39-20-9-17(27(38)40-2)23(28)25(24(20)29)36-26-18(12-30-14-34-26)19-10-22(33-15-32-19)35-21-4-3-16(11-31-21)13-37-5-7-41-8-6-37/h3-4,9-12,14-15H,5-8,13H2,1-2H3,(H,30,34,36)(H,31,32,33,35). The Morgan fingerprint density at radius 2 is 1.80 bits per heavy atom. The highest BCUT2D eigenvalue weighted by Crippen LogP contribution is 2.43. The molecule has 1 aliphatic rings. The van der Waals surface area contributed by atoms with Crippen molar-refractivity contribution in [1.82, 2.24) is 29.8 Å². The first-order valence-corrected chi connectivity index (χ1v) is 13.3. The molecule has 0 spiro atoms. The zero-order chi connectivity index (χ0) is 28.8. The first kappa shape index (κ1) is 28.4. The van der Waals surface area contributed by atoms with Gasteiger partial charge in [-0.2, -0.15) is 0 Å². The largest absolute Gasteiger partial charge is 0.495 e. The summed E-state index contributed by atoms with van der Waals surface area (Å²) in [6.07, 6.45) is 6.21. The first-order valence-electron chi connectivity index (χ1n) is 12.5. The highest BCUT2D eigenvalue weighted by atomic mass is 35.5. The van der Waals surface area contributed by atoms with E-state index in [1.54, 1.807) is 12.3 Å². The van der Waals surface area contributed by atoms with Gasteiger partial charge in [-0.1, -0.05) is 29.3 Å². The molecular formula is C27H26Cl2N8O4. The molecule has 1 fully saturated rings. The zero-order valence-corrected chi connectivity index (χ0v) is 23.7. The molecule has 0 bridgehead atoms. The van der Waals surface area contributed by atoms with Gasteiger partial charge in [-0.3, -0.25) is 4.90 Å². The molecule has 212 valence electrons. The second kappa shape index (κ2) is 13.0. The van der Waals surface area contributed by atoms with E-state index in [1.807, 2.05) is 18.3 Å². The van der Waals surface area contributed by atoms with Gasteiger partial charge in [0.15, 0.2) is 0 Å². The maximum absolute atomic E-state index is 12.3. The molecule has 4 heterocycles. The van der Waals surface area contributed by atoms with Crippen LogP contribution in [0, 0.1) is 0 Å². The molecular weight excluding hydrogens is 571 g/mol. The number of benzene rings is 1. The van der Waals surface area contributed by atoms with E-state index < -0.39 is 5.97 Å². The molecule has 0 saturated carbocycles. The molecule has 5 rings (SSSR count). The second-order valence-corrected chi connectivity index (χ2v) is 9.64. The lowest BCUT2D eigenvalue weighted by Crippen LogP contribution is -2.35. The van der Waals surface area contributed by atoms with Crippen LogP contribution in [0.2, 0.25) is 10.0 Å². The molecule has 1 saturated heterocycles. The van der Waals surface area contributed by atoms with Crippen LogP contribution in [0.3, 0.4) is 0 Å². The highest BCUT2D eigenvalue weighted by Gasteiger charge is 2.23. The molecule has 0 radical (unpaired) electrons. The third-order valence-electron chi connectivity index (χ3n) is 6.28. The lowest BCUT2D eigenvalue weighted by Gasteiger charge is -2.26. The Morgan fingerprint density at radius 1 is 0.976 bits per heavy atom. The summed E-state index contributed by atoms with van der Waals surface area (Å²) in [5, 5.41) is 6.51. The average molecular weight is 597 g/mol. The number of nitrogens with zero attached hydrogens (tertiary/aromatic N) is 6. The van der Waals surface area contributed by atoms with Crippen LogP contribution in [-0.2, 0) is 16.0 Å². The number of carbonyl (C=O) groups is 1. The number of esters is 1. The number of pyridine rings is 1. The number of halogens is 2. The Hall–Kier alpha value is -4.10. The van der Waals surface area contributed by atoms with E-state index >= 15 is 0 Å². The number of hydrogen-bond acceptors (Lipinski definition) is 12. The summed E-state index contributed by atoms with van der Waals surface area (Å²) >= 11 is 13.1. The van der Waals surface area contributed by atoms with E-state index in [2.05, 4.69) is 40.5 Å². The SMILES string of the molecule is COC(=O)c1cc(OC)c(Cl)c(Nc2ncncc2-c2cc(Nc3ccc(CN4CCOCC4)cn3)ncn2)c1Cl. The van der Waals surface area contributed by atoms with Crippen molar-refractivity contribution >= 4 is 52.3 Å². The van der Waals surface area contributed by atoms with Crippen LogP contribution in [0.25, 0.3) is 11.3 Å². The molecule has 1 aliphatic heterocycles. The van der Waals surface area contributed by atoms with Crippen LogP contribution in [0.1, 0.15) is 15.9 Å². The fourth-order valence-corrected chi connectivity index (χ4v) is 4.77. The Morgan fingerprint density at radius 3 is 2.54 bits per heavy atom. The molecule has 0 unspecified atom stereocenters.